The van der Waals surface area contributed by atoms with Crippen LogP contribution < -0.4 is 10.2 Å². The Morgan fingerprint density at radius 3 is 2.70 bits per heavy atom. The van der Waals surface area contributed by atoms with Crippen LogP contribution in [0.4, 0.5) is 0 Å². The molecule has 1 atom stereocenters. The van der Waals surface area contributed by atoms with Gasteiger partial charge in [-0.25, -0.2) is 4.79 Å². The minimum Gasteiger partial charge on any atom is -0.480 e. The van der Waals surface area contributed by atoms with Crippen molar-refractivity contribution in [3.05, 3.63) is 20.7 Å². The highest BCUT2D eigenvalue weighted by molar-refractivity contribution is 7.07. The summed E-state index contributed by atoms with van der Waals surface area (Å²) in [5.74, 6) is -1.57. The Hall–Kier alpha value is -1.67. The Kier molecular flexibility index (Phi) is 6.40. The number of aromatic nitrogens is 1. The number of rotatable bonds is 8. The molecule has 0 saturated heterocycles. The number of amides is 1. The zero-order valence-electron chi connectivity index (χ0n) is 11.2. The lowest BCUT2D eigenvalue weighted by Gasteiger charge is -2.13. The predicted octanol–water partition coefficient (Wildman–Crippen LogP) is -0.0498. The summed E-state index contributed by atoms with van der Waals surface area (Å²) in [7, 11) is 0. The molecule has 0 aromatic carbocycles. The number of nitrogens with zero attached hydrogens (tertiary/aromatic N) is 1. The predicted molar refractivity (Wildman–Crippen MR) is 73.8 cm³/mol. The van der Waals surface area contributed by atoms with Gasteiger partial charge in [-0.05, 0) is 13.3 Å². The van der Waals surface area contributed by atoms with E-state index in [-0.39, 0.29) is 24.3 Å². The average molecular weight is 302 g/mol. The Labute approximate surface area is 119 Å². The lowest BCUT2D eigenvalue weighted by atomic mass is 10.2. The van der Waals surface area contributed by atoms with Gasteiger partial charge in [-0.1, -0.05) is 11.3 Å². The summed E-state index contributed by atoms with van der Waals surface area (Å²) in [5.41, 5.74) is 0.851. The van der Waals surface area contributed by atoms with Crippen molar-refractivity contribution < 1.29 is 19.8 Å². The molecule has 1 rings (SSSR count). The zero-order valence-corrected chi connectivity index (χ0v) is 12.0. The second-order valence-corrected chi connectivity index (χ2v) is 5.19. The van der Waals surface area contributed by atoms with Gasteiger partial charge >= 0.3 is 10.8 Å². The second-order valence-electron chi connectivity index (χ2n) is 4.37. The largest absolute Gasteiger partial charge is 0.480 e. The summed E-state index contributed by atoms with van der Waals surface area (Å²) in [5, 5.41) is 21.6. The van der Waals surface area contributed by atoms with Crippen LogP contribution in [0.15, 0.2) is 10.2 Å². The van der Waals surface area contributed by atoms with Crippen LogP contribution in [0.25, 0.3) is 0 Å². The standard InChI is InChI=1S/C12H18N2O5S/c1-8-7-20-12(19)14(8)5-2-3-10(16)13-9(4-6-15)11(17)18/h7,9,15H,2-6H2,1H3,(H,13,16)(H,17,18)/t9-/m1/s1. The molecule has 1 heterocycles. The fraction of sp³-hybridized carbons (Fsp3) is 0.583. The number of aliphatic hydroxyl groups is 1. The molecule has 0 spiro atoms. The van der Waals surface area contributed by atoms with Crippen LogP contribution in [0.1, 0.15) is 25.0 Å². The molecular weight excluding hydrogens is 284 g/mol. The number of carboxylic acid groups (broad SMARTS) is 1. The molecule has 1 amide bonds. The van der Waals surface area contributed by atoms with Crippen molar-refractivity contribution >= 4 is 23.2 Å². The van der Waals surface area contributed by atoms with E-state index in [0.717, 1.165) is 17.0 Å². The fourth-order valence-corrected chi connectivity index (χ4v) is 2.49. The van der Waals surface area contributed by atoms with E-state index in [0.29, 0.717) is 13.0 Å². The quantitative estimate of drug-likeness (QED) is 0.624. The van der Waals surface area contributed by atoms with Gasteiger partial charge in [-0.15, -0.1) is 0 Å². The summed E-state index contributed by atoms with van der Waals surface area (Å²) in [6.45, 7) is 1.94. The van der Waals surface area contributed by atoms with E-state index in [9.17, 15) is 14.4 Å². The number of carboxylic acids is 1. The molecule has 1 aromatic rings. The Bertz CT molecular complexity index is 522. The summed E-state index contributed by atoms with van der Waals surface area (Å²) in [6, 6.07) is -1.07. The second kappa shape index (κ2) is 7.81. The van der Waals surface area contributed by atoms with E-state index in [1.807, 2.05) is 6.92 Å². The van der Waals surface area contributed by atoms with Crippen LogP contribution in [-0.2, 0) is 16.1 Å². The van der Waals surface area contributed by atoms with Crippen LogP contribution in [0, 0.1) is 6.92 Å². The topological polar surface area (TPSA) is 109 Å². The van der Waals surface area contributed by atoms with Crippen molar-refractivity contribution in [3.63, 3.8) is 0 Å². The number of aryl methyl sites for hydroxylation is 1. The lowest BCUT2D eigenvalue weighted by molar-refractivity contribution is -0.142. The highest BCUT2D eigenvalue weighted by Crippen LogP contribution is 2.03. The fourth-order valence-electron chi connectivity index (χ4n) is 1.73. The van der Waals surface area contributed by atoms with Crippen LogP contribution in [0.3, 0.4) is 0 Å². The van der Waals surface area contributed by atoms with Crippen LogP contribution >= 0.6 is 11.3 Å². The highest BCUT2D eigenvalue weighted by Gasteiger charge is 2.18. The molecule has 1 aromatic heterocycles. The number of hydrogen-bond acceptors (Lipinski definition) is 5. The monoisotopic (exact) mass is 302 g/mol. The maximum atomic E-state index is 11.6. The number of thiazole rings is 1. The molecule has 3 N–H and O–H groups in total. The van der Waals surface area contributed by atoms with Crippen molar-refractivity contribution in [1.82, 2.24) is 9.88 Å². The molecule has 0 aliphatic rings. The minimum atomic E-state index is -1.17. The summed E-state index contributed by atoms with van der Waals surface area (Å²) in [6.07, 6.45) is 0.565. The van der Waals surface area contributed by atoms with Crippen LogP contribution in [-0.4, -0.2) is 39.3 Å². The first kappa shape index (κ1) is 16.4. The maximum Gasteiger partial charge on any atom is 0.326 e. The number of nitrogens with one attached hydrogen (secondary N) is 1. The Morgan fingerprint density at radius 1 is 1.50 bits per heavy atom. The van der Waals surface area contributed by atoms with E-state index >= 15 is 0 Å². The van der Waals surface area contributed by atoms with Crippen molar-refractivity contribution in [1.29, 1.82) is 0 Å². The molecule has 7 nitrogen and oxygen atoms in total. The molecular formula is C12H18N2O5S. The lowest BCUT2D eigenvalue weighted by Crippen LogP contribution is -2.41. The van der Waals surface area contributed by atoms with Crippen molar-refractivity contribution in [2.24, 2.45) is 0 Å². The molecule has 0 bridgehead atoms. The number of hydrogen-bond donors (Lipinski definition) is 3. The Morgan fingerprint density at radius 2 is 2.20 bits per heavy atom. The zero-order chi connectivity index (χ0) is 15.1. The summed E-state index contributed by atoms with van der Waals surface area (Å²) >= 11 is 1.11. The molecule has 112 valence electrons. The SMILES string of the molecule is Cc1csc(=O)n1CCCC(=O)N[C@H](CCO)C(=O)O. The molecule has 0 unspecified atom stereocenters. The first-order chi connectivity index (χ1) is 9.45. The third-order valence-electron chi connectivity index (χ3n) is 2.81. The van der Waals surface area contributed by atoms with Gasteiger partial charge in [0.05, 0.1) is 0 Å². The molecule has 0 aliphatic carbocycles. The van der Waals surface area contributed by atoms with Crippen molar-refractivity contribution in [3.8, 4) is 0 Å². The molecule has 0 fully saturated rings. The summed E-state index contributed by atoms with van der Waals surface area (Å²) in [4.78, 5) is 33.8. The smallest absolute Gasteiger partial charge is 0.326 e. The molecule has 0 radical (unpaired) electrons. The van der Waals surface area contributed by atoms with Gasteiger partial charge in [0.2, 0.25) is 5.91 Å². The van der Waals surface area contributed by atoms with Crippen LogP contribution in [0.2, 0.25) is 0 Å². The number of aliphatic hydroxyl groups excluding tert-OH is 1. The van der Waals surface area contributed by atoms with E-state index in [1.54, 1.807) is 9.95 Å². The van der Waals surface area contributed by atoms with Gasteiger partial charge in [0.1, 0.15) is 6.04 Å². The average Bonchev–Trinajstić information content (AvgIpc) is 2.69. The molecule has 0 saturated carbocycles. The molecule has 0 aliphatic heterocycles. The maximum absolute atomic E-state index is 11.6. The highest BCUT2D eigenvalue weighted by atomic mass is 32.1. The van der Waals surface area contributed by atoms with E-state index in [2.05, 4.69) is 5.32 Å². The van der Waals surface area contributed by atoms with Gasteiger partial charge in [-0.3, -0.25) is 9.59 Å². The number of aliphatic carboxylic acids is 1. The first-order valence-corrected chi connectivity index (χ1v) is 7.11. The first-order valence-electron chi connectivity index (χ1n) is 6.23. The van der Waals surface area contributed by atoms with E-state index in [4.69, 9.17) is 10.2 Å². The van der Waals surface area contributed by atoms with Gasteiger partial charge in [-0.2, -0.15) is 0 Å². The van der Waals surface area contributed by atoms with E-state index < -0.39 is 17.9 Å². The summed E-state index contributed by atoms with van der Waals surface area (Å²) < 4.78 is 1.58. The third-order valence-corrected chi connectivity index (χ3v) is 3.69. The number of carbonyl (C=O) groups is 2. The van der Waals surface area contributed by atoms with Crippen LogP contribution in [0.5, 0.6) is 0 Å². The van der Waals surface area contributed by atoms with Gasteiger partial charge in [0.15, 0.2) is 0 Å². The third kappa shape index (κ3) is 4.78. The molecule has 20 heavy (non-hydrogen) atoms. The van der Waals surface area contributed by atoms with Gasteiger partial charge in [0.25, 0.3) is 0 Å². The number of carbonyl (C=O) groups excluding carboxylic acids is 1. The van der Waals surface area contributed by atoms with E-state index in [1.165, 1.54) is 0 Å². The minimum absolute atomic E-state index is 0.0236. The normalized spacial score (nSPS) is 12.1. The van der Waals surface area contributed by atoms with Gasteiger partial charge in [0, 0.05) is 37.1 Å². The Balaban J connectivity index is 2.40. The molecule has 8 heteroatoms. The van der Waals surface area contributed by atoms with Gasteiger partial charge < -0.3 is 20.1 Å². The van der Waals surface area contributed by atoms with Crippen molar-refractivity contribution in [2.75, 3.05) is 6.61 Å². The van der Waals surface area contributed by atoms with Crippen molar-refractivity contribution in [2.45, 2.75) is 38.8 Å².